The first-order valence-electron chi connectivity index (χ1n) is 5.98. The maximum Gasteiger partial charge on any atom is 0.0964 e. The van der Waals surface area contributed by atoms with Gasteiger partial charge in [-0.3, -0.25) is 0 Å². The topological polar surface area (TPSA) is 52.0 Å². The summed E-state index contributed by atoms with van der Waals surface area (Å²) < 4.78 is 7.33. The van der Waals surface area contributed by atoms with Crippen molar-refractivity contribution in [2.24, 2.45) is 0 Å². The molecule has 0 aliphatic heterocycles. The van der Waals surface area contributed by atoms with Gasteiger partial charge in [0.2, 0.25) is 0 Å². The van der Waals surface area contributed by atoms with Gasteiger partial charge in [-0.1, -0.05) is 25.0 Å². The van der Waals surface area contributed by atoms with Crippen molar-refractivity contribution in [3.8, 4) is 0 Å². The van der Waals surface area contributed by atoms with Gasteiger partial charge in [-0.05, 0) is 13.5 Å². The maximum absolute atomic E-state index is 5.50. The summed E-state index contributed by atoms with van der Waals surface area (Å²) in [5.74, 6) is 0. The minimum absolute atomic E-state index is 0.714. The molecule has 0 aromatic carbocycles. The van der Waals surface area contributed by atoms with E-state index in [0.29, 0.717) is 6.61 Å². The summed E-state index contributed by atoms with van der Waals surface area (Å²) in [6.45, 7) is 5.30. The molecule has 0 saturated carbocycles. The molecule has 92 valence electrons. The first-order valence-corrected chi connectivity index (χ1v) is 5.98. The van der Waals surface area contributed by atoms with Gasteiger partial charge in [0.15, 0.2) is 0 Å². The highest BCUT2D eigenvalue weighted by Crippen LogP contribution is 1.95. The lowest BCUT2D eigenvalue weighted by Crippen LogP contribution is -2.07. The van der Waals surface area contributed by atoms with Crippen LogP contribution in [0.4, 0.5) is 0 Å². The predicted octanol–water partition coefficient (Wildman–Crippen LogP) is 1.20. The molecule has 0 saturated heterocycles. The van der Waals surface area contributed by atoms with Gasteiger partial charge in [0, 0.05) is 19.3 Å². The van der Waals surface area contributed by atoms with Crippen molar-refractivity contribution in [3.05, 3.63) is 11.9 Å². The fourth-order valence-corrected chi connectivity index (χ4v) is 1.42. The van der Waals surface area contributed by atoms with E-state index in [9.17, 15) is 0 Å². The average molecular weight is 226 g/mol. The van der Waals surface area contributed by atoms with Crippen LogP contribution in [-0.4, -0.2) is 35.3 Å². The van der Waals surface area contributed by atoms with E-state index in [4.69, 9.17) is 4.74 Å². The van der Waals surface area contributed by atoms with Crippen molar-refractivity contribution in [1.29, 1.82) is 0 Å². The molecule has 0 aliphatic carbocycles. The van der Waals surface area contributed by atoms with Gasteiger partial charge < -0.3 is 10.1 Å². The highest BCUT2D eigenvalue weighted by Gasteiger charge is 1.98. The first kappa shape index (κ1) is 13.1. The van der Waals surface area contributed by atoms with Crippen molar-refractivity contribution in [3.63, 3.8) is 0 Å². The van der Waals surface area contributed by atoms with E-state index in [2.05, 4.69) is 22.6 Å². The number of nitrogens with zero attached hydrogens (tertiary/aromatic N) is 3. The SMILES string of the molecule is CCCCCOCCn1cc(CNC)nn1. The monoisotopic (exact) mass is 226 g/mol. The van der Waals surface area contributed by atoms with Crippen molar-refractivity contribution in [1.82, 2.24) is 20.3 Å². The highest BCUT2D eigenvalue weighted by molar-refractivity contribution is 4.90. The zero-order chi connectivity index (χ0) is 11.6. The van der Waals surface area contributed by atoms with Crippen LogP contribution in [0.2, 0.25) is 0 Å². The van der Waals surface area contributed by atoms with Crippen LogP contribution in [0.25, 0.3) is 0 Å². The molecule has 5 nitrogen and oxygen atoms in total. The molecule has 1 aromatic rings. The number of unbranched alkanes of at least 4 members (excludes halogenated alkanes) is 2. The van der Waals surface area contributed by atoms with Crippen LogP contribution in [0.1, 0.15) is 31.9 Å². The molecule has 0 bridgehead atoms. The van der Waals surface area contributed by atoms with E-state index in [1.165, 1.54) is 12.8 Å². The molecule has 0 atom stereocenters. The molecule has 0 fully saturated rings. The molecule has 0 amide bonds. The van der Waals surface area contributed by atoms with Crippen LogP contribution in [0, 0.1) is 0 Å². The maximum atomic E-state index is 5.50. The van der Waals surface area contributed by atoms with Gasteiger partial charge >= 0.3 is 0 Å². The fraction of sp³-hybridized carbons (Fsp3) is 0.818. The molecule has 1 heterocycles. The van der Waals surface area contributed by atoms with E-state index in [1.54, 1.807) is 0 Å². The summed E-state index contributed by atoms with van der Waals surface area (Å²) in [4.78, 5) is 0. The third kappa shape index (κ3) is 5.23. The average Bonchev–Trinajstić information content (AvgIpc) is 2.72. The van der Waals surface area contributed by atoms with E-state index in [-0.39, 0.29) is 0 Å². The second-order valence-electron chi connectivity index (χ2n) is 3.82. The Hall–Kier alpha value is -0.940. The van der Waals surface area contributed by atoms with Crippen LogP contribution in [0.5, 0.6) is 0 Å². The number of rotatable bonds is 9. The Morgan fingerprint density at radius 3 is 3.00 bits per heavy atom. The van der Waals surface area contributed by atoms with Gasteiger partial charge in [0.25, 0.3) is 0 Å². The minimum Gasteiger partial charge on any atom is -0.380 e. The molecule has 0 radical (unpaired) electrons. The molecule has 16 heavy (non-hydrogen) atoms. The molecule has 5 heteroatoms. The fourth-order valence-electron chi connectivity index (χ4n) is 1.42. The van der Waals surface area contributed by atoms with Crippen molar-refractivity contribution < 1.29 is 4.74 Å². The summed E-state index contributed by atoms with van der Waals surface area (Å²) >= 11 is 0. The van der Waals surface area contributed by atoms with Gasteiger partial charge in [-0.2, -0.15) is 0 Å². The second kappa shape index (κ2) is 8.24. The van der Waals surface area contributed by atoms with Crippen LogP contribution in [0.15, 0.2) is 6.20 Å². The molecule has 0 spiro atoms. The number of hydrogen-bond donors (Lipinski definition) is 1. The number of aromatic nitrogens is 3. The molecular weight excluding hydrogens is 204 g/mol. The van der Waals surface area contributed by atoms with E-state index < -0.39 is 0 Å². The lowest BCUT2D eigenvalue weighted by molar-refractivity contribution is 0.119. The van der Waals surface area contributed by atoms with Crippen LogP contribution >= 0.6 is 0 Å². The summed E-state index contributed by atoms with van der Waals surface area (Å²) in [6, 6.07) is 0. The smallest absolute Gasteiger partial charge is 0.0964 e. The van der Waals surface area contributed by atoms with Crippen LogP contribution < -0.4 is 5.32 Å². The van der Waals surface area contributed by atoms with E-state index >= 15 is 0 Å². The molecular formula is C11H22N4O. The standard InChI is InChI=1S/C11H22N4O/c1-3-4-5-7-16-8-6-15-10-11(9-12-2)13-14-15/h10,12H,3-9H2,1-2H3. The summed E-state index contributed by atoms with van der Waals surface area (Å²) in [5.41, 5.74) is 0.966. The van der Waals surface area contributed by atoms with Gasteiger partial charge in [-0.25, -0.2) is 4.68 Å². The summed E-state index contributed by atoms with van der Waals surface area (Å²) in [6.07, 6.45) is 5.58. The minimum atomic E-state index is 0.714. The third-order valence-corrected chi connectivity index (χ3v) is 2.30. The molecule has 1 rings (SSSR count). The Labute approximate surface area is 97.2 Å². The summed E-state index contributed by atoms with van der Waals surface area (Å²) in [7, 11) is 1.90. The van der Waals surface area contributed by atoms with Crippen molar-refractivity contribution >= 4 is 0 Å². The zero-order valence-electron chi connectivity index (χ0n) is 10.3. The Balaban J connectivity index is 2.07. The number of ether oxygens (including phenoxy) is 1. The Morgan fingerprint density at radius 2 is 2.25 bits per heavy atom. The Morgan fingerprint density at radius 1 is 1.38 bits per heavy atom. The van der Waals surface area contributed by atoms with E-state index in [1.807, 2.05) is 17.9 Å². The van der Waals surface area contributed by atoms with Gasteiger partial charge in [-0.15, -0.1) is 5.10 Å². The highest BCUT2D eigenvalue weighted by atomic mass is 16.5. The van der Waals surface area contributed by atoms with Crippen molar-refractivity contribution in [2.75, 3.05) is 20.3 Å². The predicted molar refractivity (Wildman–Crippen MR) is 63.1 cm³/mol. The third-order valence-electron chi connectivity index (χ3n) is 2.30. The summed E-state index contributed by atoms with van der Waals surface area (Å²) in [5, 5.41) is 11.1. The second-order valence-corrected chi connectivity index (χ2v) is 3.82. The van der Waals surface area contributed by atoms with Crippen LogP contribution in [0.3, 0.4) is 0 Å². The quantitative estimate of drug-likeness (QED) is 0.643. The zero-order valence-corrected chi connectivity index (χ0v) is 10.3. The largest absolute Gasteiger partial charge is 0.380 e. The van der Waals surface area contributed by atoms with Gasteiger partial charge in [0.05, 0.1) is 18.8 Å². The number of hydrogen-bond acceptors (Lipinski definition) is 4. The molecule has 1 N–H and O–H groups in total. The Kier molecular flexibility index (Phi) is 6.76. The van der Waals surface area contributed by atoms with Gasteiger partial charge in [0.1, 0.15) is 0 Å². The normalized spacial score (nSPS) is 10.9. The Bertz CT molecular complexity index is 275. The molecule has 0 aliphatic rings. The molecule has 1 aromatic heterocycles. The van der Waals surface area contributed by atoms with Crippen LogP contribution in [-0.2, 0) is 17.8 Å². The first-order chi connectivity index (χ1) is 7.86. The van der Waals surface area contributed by atoms with E-state index in [0.717, 1.165) is 31.8 Å². The van der Waals surface area contributed by atoms with Crippen molar-refractivity contribution in [2.45, 2.75) is 39.3 Å². The lowest BCUT2D eigenvalue weighted by atomic mass is 10.3. The molecule has 0 unspecified atom stereocenters. The lowest BCUT2D eigenvalue weighted by Gasteiger charge is -2.02. The number of nitrogens with one attached hydrogen (secondary N) is 1.